The van der Waals surface area contributed by atoms with Gasteiger partial charge in [0, 0.05) is 24.9 Å². The normalized spacial score (nSPS) is 19.0. The summed E-state index contributed by atoms with van der Waals surface area (Å²) in [6, 6.07) is 40.5. The van der Waals surface area contributed by atoms with E-state index in [4.69, 9.17) is 0 Å². The number of rotatable bonds is 8. The van der Waals surface area contributed by atoms with Crippen LogP contribution in [0.15, 0.2) is 121 Å². The van der Waals surface area contributed by atoms with Crippen LogP contribution in [0.3, 0.4) is 0 Å². The molecule has 1 aliphatic rings. The molecular weight excluding hydrogens is 454 g/mol. The zero-order chi connectivity index (χ0) is 25.7. The molecule has 1 fully saturated rings. The molecule has 0 aliphatic carbocycles. The fraction of sp³-hybridized carbons (Fsp3) is 0.294. The molecule has 190 valence electrons. The molecule has 5 rings (SSSR count). The molecule has 3 heteroatoms. The van der Waals surface area contributed by atoms with Crippen molar-refractivity contribution in [1.29, 1.82) is 0 Å². The second kappa shape index (κ2) is 11.0. The maximum Gasteiger partial charge on any atom is 0.116 e. The SMILES string of the molecule is CN1[C@H](CC(O)(c2ccccc2)c2ccccc2)CCC[C@H]1CC(O)(c1ccccc1)c1ccccc1. The number of hydrogen-bond acceptors (Lipinski definition) is 3. The average molecular weight is 492 g/mol. The van der Waals surface area contributed by atoms with Crippen LogP contribution in [0, 0.1) is 0 Å². The van der Waals surface area contributed by atoms with Crippen LogP contribution in [0.5, 0.6) is 0 Å². The highest BCUT2D eigenvalue weighted by Crippen LogP contribution is 2.41. The lowest BCUT2D eigenvalue weighted by Crippen LogP contribution is -2.50. The van der Waals surface area contributed by atoms with Gasteiger partial charge in [0.15, 0.2) is 0 Å². The van der Waals surface area contributed by atoms with E-state index in [1.807, 2.05) is 121 Å². The van der Waals surface area contributed by atoms with E-state index in [2.05, 4.69) is 11.9 Å². The Morgan fingerprint density at radius 2 is 0.811 bits per heavy atom. The Balaban J connectivity index is 1.44. The highest BCUT2D eigenvalue weighted by molar-refractivity contribution is 5.37. The average Bonchev–Trinajstić information content (AvgIpc) is 2.97. The van der Waals surface area contributed by atoms with Gasteiger partial charge in [0.05, 0.1) is 0 Å². The fourth-order valence-corrected chi connectivity index (χ4v) is 6.13. The van der Waals surface area contributed by atoms with Crippen molar-refractivity contribution >= 4 is 0 Å². The molecule has 4 aromatic carbocycles. The zero-order valence-corrected chi connectivity index (χ0v) is 21.6. The lowest BCUT2D eigenvalue weighted by atomic mass is 9.76. The van der Waals surface area contributed by atoms with E-state index < -0.39 is 11.2 Å². The van der Waals surface area contributed by atoms with Crippen molar-refractivity contribution in [3.63, 3.8) is 0 Å². The first kappa shape index (κ1) is 25.4. The third-order valence-corrected chi connectivity index (χ3v) is 8.29. The monoisotopic (exact) mass is 491 g/mol. The maximum absolute atomic E-state index is 12.2. The van der Waals surface area contributed by atoms with Gasteiger partial charge in [-0.2, -0.15) is 0 Å². The third-order valence-electron chi connectivity index (χ3n) is 8.29. The van der Waals surface area contributed by atoms with Gasteiger partial charge in [0.25, 0.3) is 0 Å². The Bertz CT molecular complexity index is 1070. The minimum absolute atomic E-state index is 0.181. The van der Waals surface area contributed by atoms with Gasteiger partial charge in [0.2, 0.25) is 0 Å². The van der Waals surface area contributed by atoms with Crippen LogP contribution in [0.4, 0.5) is 0 Å². The van der Waals surface area contributed by atoms with Crippen molar-refractivity contribution < 1.29 is 10.2 Å². The molecule has 0 radical (unpaired) electrons. The molecule has 0 unspecified atom stereocenters. The summed E-state index contributed by atoms with van der Waals surface area (Å²) in [4.78, 5) is 2.41. The minimum atomic E-state index is -1.08. The minimum Gasteiger partial charge on any atom is -0.380 e. The van der Waals surface area contributed by atoms with Crippen molar-refractivity contribution in [2.24, 2.45) is 0 Å². The highest BCUT2D eigenvalue weighted by atomic mass is 16.3. The van der Waals surface area contributed by atoms with Crippen LogP contribution < -0.4 is 0 Å². The summed E-state index contributed by atoms with van der Waals surface area (Å²) in [5.74, 6) is 0. The summed E-state index contributed by atoms with van der Waals surface area (Å²) in [7, 11) is 2.17. The molecule has 0 aromatic heterocycles. The van der Waals surface area contributed by atoms with Gasteiger partial charge < -0.3 is 15.1 Å². The van der Waals surface area contributed by atoms with E-state index in [1.54, 1.807) is 0 Å². The van der Waals surface area contributed by atoms with Crippen molar-refractivity contribution in [2.45, 2.75) is 55.4 Å². The highest BCUT2D eigenvalue weighted by Gasteiger charge is 2.41. The van der Waals surface area contributed by atoms with Crippen LogP contribution in [0.2, 0.25) is 0 Å². The quantitative estimate of drug-likeness (QED) is 0.296. The first-order valence-electron chi connectivity index (χ1n) is 13.4. The molecule has 0 bridgehead atoms. The van der Waals surface area contributed by atoms with E-state index in [0.29, 0.717) is 12.8 Å². The fourth-order valence-electron chi connectivity index (χ4n) is 6.13. The molecule has 0 amide bonds. The predicted molar refractivity (Wildman–Crippen MR) is 150 cm³/mol. The lowest BCUT2D eigenvalue weighted by molar-refractivity contribution is -0.0156. The van der Waals surface area contributed by atoms with Crippen LogP contribution in [0.1, 0.15) is 54.4 Å². The largest absolute Gasteiger partial charge is 0.380 e. The van der Waals surface area contributed by atoms with Crippen molar-refractivity contribution in [3.05, 3.63) is 144 Å². The third kappa shape index (κ3) is 5.26. The predicted octanol–water partition coefficient (Wildman–Crippen LogP) is 6.49. The van der Waals surface area contributed by atoms with Gasteiger partial charge in [-0.05, 0) is 42.1 Å². The van der Waals surface area contributed by atoms with Crippen molar-refractivity contribution in [3.8, 4) is 0 Å². The number of likely N-dealkylation sites (tertiary alicyclic amines) is 1. The molecule has 4 aromatic rings. The maximum atomic E-state index is 12.2. The van der Waals surface area contributed by atoms with Gasteiger partial charge in [-0.15, -0.1) is 0 Å². The van der Waals surface area contributed by atoms with E-state index >= 15 is 0 Å². The lowest BCUT2D eigenvalue weighted by Gasteiger charge is -2.46. The van der Waals surface area contributed by atoms with Crippen LogP contribution in [0.25, 0.3) is 0 Å². The van der Waals surface area contributed by atoms with E-state index in [1.165, 1.54) is 0 Å². The second-order valence-corrected chi connectivity index (χ2v) is 10.5. The molecule has 3 nitrogen and oxygen atoms in total. The Hall–Kier alpha value is -3.24. The van der Waals surface area contributed by atoms with E-state index in [0.717, 1.165) is 41.5 Å². The molecule has 0 saturated carbocycles. The van der Waals surface area contributed by atoms with Gasteiger partial charge in [0.1, 0.15) is 11.2 Å². The smallest absolute Gasteiger partial charge is 0.116 e. The summed E-state index contributed by atoms with van der Waals surface area (Å²) in [5.41, 5.74) is 1.50. The topological polar surface area (TPSA) is 43.7 Å². The molecule has 2 N–H and O–H groups in total. The Morgan fingerprint density at radius 3 is 1.08 bits per heavy atom. The van der Waals surface area contributed by atoms with Crippen LogP contribution in [-0.2, 0) is 11.2 Å². The zero-order valence-electron chi connectivity index (χ0n) is 21.6. The van der Waals surface area contributed by atoms with E-state index in [9.17, 15) is 10.2 Å². The number of aliphatic hydroxyl groups is 2. The second-order valence-electron chi connectivity index (χ2n) is 10.5. The molecule has 37 heavy (non-hydrogen) atoms. The molecule has 1 heterocycles. The Morgan fingerprint density at radius 1 is 0.541 bits per heavy atom. The number of hydrogen-bond donors (Lipinski definition) is 2. The standard InChI is InChI=1S/C34H37NO2/c1-35-31(25-33(36,27-15-6-2-7-16-27)28-17-8-3-9-18-28)23-14-24-32(35)26-34(37,29-19-10-4-11-20-29)30-21-12-5-13-22-30/h2-13,15-22,31-32,36-37H,14,23-26H2,1H3/t31-,32-/m0/s1. The van der Waals surface area contributed by atoms with Crippen molar-refractivity contribution in [1.82, 2.24) is 4.90 Å². The number of piperidine rings is 1. The van der Waals surface area contributed by atoms with Gasteiger partial charge in [-0.3, -0.25) is 0 Å². The van der Waals surface area contributed by atoms with Gasteiger partial charge in [-0.25, -0.2) is 0 Å². The first-order chi connectivity index (χ1) is 18.0. The summed E-state index contributed by atoms with van der Waals surface area (Å²) in [6.45, 7) is 0. The van der Waals surface area contributed by atoms with Crippen molar-refractivity contribution in [2.75, 3.05) is 7.05 Å². The molecular formula is C34H37NO2. The van der Waals surface area contributed by atoms with E-state index in [-0.39, 0.29) is 12.1 Å². The Labute approximate surface area is 221 Å². The number of nitrogens with zero attached hydrogens (tertiary/aromatic N) is 1. The summed E-state index contributed by atoms with van der Waals surface area (Å²) >= 11 is 0. The molecule has 0 spiro atoms. The van der Waals surface area contributed by atoms with Gasteiger partial charge in [-0.1, -0.05) is 128 Å². The summed E-state index contributed by atoms with van der Waals surface area (Å²) < 4.78 is 0. The molecule has 2 atom stereocenters. The van der Waals surface area contributed by atoms with Gasteiger partial charge >= 0.3 is 0 Å². The first-order valence-corrected chi connectivity index (χ1v) is 13.4. The summed E-state index contributed by atoms with van der Waals surface area (Å²) in [5, 5.41) is 24.4. The molecule has 1 aliphatic heterocycles. The van der Waals surface area contributed by atoms with Crippen LogP contribution in [-0.4, -0.2) is 34.2 Å². The molecule has 1 saturated heterocycles. The number of benzene rings is 4. The summed E-state index contributed by atoms with van der Waals surface area (Å²) in [6.07, 6.45) is 4.30. The van der Waals surface area contributed by atoms with Crippen LogP contribution >= 0.6 is 0 Å². The Kier molecular flexibility index (Phi) is 7.57.